The van der Waals surface area contributed by atoms with Crippen molar-refractivity contribution in [1.82, 2.24) is 4.90 Å². The highest BCUT2D eigenvalue weighted by molar-refractivity contribution is 5.71. The lowest BCUT2D eigenvalue weighted by molar-refractivity contribution is -0.157. The maximum absolute atomic E-state index is 11.8. The molecule has 0 heterocycles. The minimum atomic E-state index is -0.491. The van der Waals surface area contributed by atoms with E-state index in [9.17, 15) is 4.79 Å². The first-order valence-electron chi connectivity index (χ1n) is 7.78. The second-order valence-corrected chi connectivity index (χ2v) is 6.69. The monoisotopic (exact) mass is 307 g/mol. The predicted molar refractivity (Wildman–Crippen MR) is 89.3 cm³/mol. The van der Waals surface area contributed by atoms with Gasteiger partial charge in [-0.3, -0.25) is 0 Å². The highest BCUT2D eigenvalue weighted by atomic mass is 16.6. The number of carbonyl (C=O) groups is 1. The van der Waals surface area contributed by atoms with Crippen molar-refractivity contribution in [3.63, 3.8) is 0 Å². The van der Waals surface area contributed by atoms with Gasteiger partial charge in [-0.05, 0) is 65.4 Å². The molecule has 0 aliphatic rings. The van der Waals surface area contributed by atoms with Crippen molar-refractivity contribution < 1.29 is 14.3 Å². The van der Waals surface area contributed by atoms with Gasteiger partial charge in [-0.2, -0.15) is 0 Å². The van der Waals surface area contributed by atoms with Crippen molar-refractivity contribution in [1.29, 1.82) is 0 Å². The third-order valence-electron chi connectivity index (χ3n) is 3.51. The SMILES string of the molecule is CCc1c(OCC(=O)OC(C)(C)C)cccc1C(C)N(C)C. The molecule has 4 heteroatoms. The van der Waals surface area contributed by atoms with Gasteiger partial charge < -0.3 is 14.4 Å². The maximum atomic E-state index is 11.8. The lowest BCUT2D eigenvalue weighted by Crippen LogP contribution is -2.27. The lowest BCUT2D eigenvalue weighted by Gasteiger charge is -2.24. The molecular weight excluding hydrogens is 278 g/mol. The quantitative estimate of drug-likeness (QED) is 0.753. The van der Waals surface area contributed by atoms with E-state index in [4.69, 9.17) is 9.47 Å². The van der Waals surface area contributed by atoms with Crippen LogP contribution in [0.2, 0.25) is 0 Å². The first-order valence-corrected chi connectivity index (χ1v) is 7.78. The summed E-state index contributed by atoms with van der Waals surface area (Å²) in [6, 6.07) is 6.29. The molecule has 0 saturated heterocycles. The summed E-state index contributed by atoms with van der Waals surface area (Å²) in [5.74, 6) is 0.417. The Kier molecular flexibility index (Phi) is 6.42. The molecule has 0 bridgehead atoms. The van der Waals surface area contributed by atoms with E-state index in [0.717, 1.165) is 17.7 Å². The summed E-state index contributed by atoms with van der Waals surface area (Å²) in [5, 5.41) is 0. The molecule has 0 spiro atoms. The minimum Gasteiger partial charge on any atom is -0.482 e. The molecule has 1 rings (SSSR count). The van der Waals surface area contributed by atoms with Gasteiger partial charge in [0, 0.05) is 6.04 Å². The largest absolute Gasteiger partial charge is 0.482 e. The van der Waals surface area contributed by atoms with E-state index < -0.39 is 5.60 Å². The van der Waals surface area contributed by atoms with Crippen LogP contribution in [0, 0.1) is 0 Å². The molecule has 1 atom stereocenters. The number of nitrogens with zero attached hydrogens (tertiary/aromatic N) is 1. The van der Waals surface area contributed by atoms with Gasteiger partial charge in [0.15, 0.2) is 6.61 Å². The molecule has 124 valence electrons. The van der Waals surface area contributed by atoms with Crippen LogP contribution in [-0.2, 0) is 16.0 Å². The second-order valence-electron chi connectivity index (χ2n) is 6.69. The number of hydrogen-bond acceptors (Lipinski definition) is 4. The maximum Gasteiger partial charge on any atom is 0.344 e. The molecule has 0 radical (unpaired) electrons. The molecule has 0 amide bonds. The number of benzene rings is 1. The Morgan fingerprint density at radius 2 is 1.91 bits per heavy atom. The van der Waals surface area contributed by atoms with Gasteiger partial charge in [0.1, 0.15) is 11.4 Å². The predicted octanol–water partition coefficient (Wildman–Crippen LogP) is 3.59. The number of ether oxygens (including phenoxy) is 2. The van der Waals surface area contributed by atoms with E-state index in [2.05, 4.69) is 38.9 Å². The Hall–Kier alpha value is -1.55. The van der Waals surface area contributed by atoms with Crippen LogP contribution < -0.4 is 4.74 Å². The van der Waals surface area contributed by atoms with Crippen molar-refractivity contribution in [3.05, 3.63) is 29.3 Å². The van der Waals surface area contributed by atoms with Crippen LogP contribution in [0.5, 0.6) is 5.75 Å². The molecule has 0 aliphatic carbocycles. The Labute approximate surface area is 134 Å². The van der Waals surface area contributed by atoms with Crippen LogP contribution in [0.4, 0.5) is 0 Å². The summed E-state index contributed by atoms with van der Waals surface area (Å²) in [7, 11) is 4.11. The molecule has 4 nitrogen and oxygen atoms in total. The number of carbonyl (C=O) groups excluding carboxylic acids is 1. The third-order valence-corrected chi connectivity index (χ3v) is 3.51. The van der Waals surface area contributed by atoms with E-state index in [1.807, 2.05) is 32.9 Å². The van der Waals surface area contributed by atoms with Gasteiger partial charge in [-0.1, -0.05) is 19.1 Å². The normalized spacial score (nSPS) is 13.1. The molecule has 0 fully saturated rings. The fourth-order valence-electron chi connectivity index (χ4n) is 2.27. The zero-order valence-electron chi connectivity index (χ0n) is 14.9. The molecule has 1 unspecified atom stereocenters. The van der Waals surface area contributed by atoms with Gasteiger partial charge >= 0.3 is 5.97 Å². The molecule has 0 N–H and O–H groups in total. The van der Waals surface area contributed by atoms with Gasteiger partial charge in [0.05, 0.1) is 0 Å². The molecule has 1 aromatic carbocycles. The molecular formula is C18H29NO3. The lowest BCUT2D eigenvalue weighted by atomic mass is 9.98. The highest BCUT2D eigenvalue weighted by Gasteiger charge is 2.19. The molecule has 0 aromatic heterocycles. The number of esters is 1. The summed E-state index contributed by atoms with van der Waals surface area (Å²) >= 11 is 0. The molecule has 22 heavy (non-hydrogen) atoms. The molecule has 0 saturated carbocycles. The summed E-state index contributed by atoms with van der Waals surface area (Å²) < 4.78 is 11.0. The van der Waals surface area contributed by atoms with Gasteiger partial charge in [-0.15, -0.1) is 0 Å². The molecule has 1 aromatic rings. The Bertz CT molecular complexity index is 504. The Morgan fingerprint density at radius 3 is 2.41 bits per heavy atom. The average Bonchev–Trinajstić information content (AvgIpc) is 2.41. The van der Waals surface area contributed by atoms with Crippen molar-refractivity contribution in [3.8, 4) is 5.75 Å². The van der Waals surface area contributed by atoms with Gasteiger partial charge in [-0.25, -0.2) is 4.79 Å². The first kappa shape index (κ1) is 18.5. The van der Waals surface area contributed by atoms with Gasteiger partial charge in [0.2, 0.25) is 0 Å². The summed E-state index contributed by atoms with van der Waals surface area (Å²) in [4.78, 5) is 14.0. The van der Waals surface area contributed by atoms with Crippen LogP contribution in [-0.4, -0.2) is 37.2 Å². The average molecular weight is 307 g/mol. The van der Waals surface area contributed by atoms with E-state index in [1.54, 1.807) is 0 Å². The summed E-state index contributed by atoms with van der Waals surface area (Å²) in [6.07, 6.45) is 0.859. The highest BCUT2D eigenvalue weighted by Crippen LogP contribution is 2.29. The zero-order chi connectivity index (χ0) is 16.9. The second kappa shape index (κ2) is 7.63. The van der Waals surface area contributed by atoms with Crippen molar-refractivity contribution in [2.45, 2.75) is 52.7 Å². The van der Waals surface area contributed by atoms with Crippen molar-refractivity contribution >= 4 is 5.97 Å². The van der Waals surface area contributed by atoms with E-state index in [1.165, 1.54) is 5.56 Å². The van der Waals surface area contributed by atoms with E-state index in [0.29, 0.717) is 6.04 Å². The fourth-order valence-corrected chi connectivity index (χ4v) is 2.27. The van der Waals surface area contributed by atoms with E-state index in [-0.39, 0.29) is 12.6 Å². The van der Waals surface area contributed by atoms with E-state index >= 15 is 0 Å². The van der Waals surface area contributed by atoms with Crippen LogP contribution >= 0.6 is 0 Å². The van der Waals surface area contributed by atoms with Crippen LogP contribution in [0.25, 0.3) is 0 Å². The minimum absolute atomic E-state index is 0.0654. The summed E-state index contributed by atoms with van der Waals surface area (Å²) in [5.41, 5.74) is 1.89. The van der Waals surface area contributed by atoms with Gasteiger partial charge in [0.25, 0.3) is 0 Å². The Balaban J connectivity index is 2.87. The number of rotatable bonds is 6. The first-order chi connectivity index (χ1) is 10.2. The number of hydrogen-bond donors (Lipinski definition) is 0. The Morgan fingerprint density at radius 1 is 1.27 bits per heavy atom. The third kappa shape index (κ3) is 5.34. The summed E-state index contributed by atoms with van der Waals surface area (Å²) in [6.45, 7) is 9.74. The van der Waals surface area contributed by atoms with Crippen molar-refractivity contribution in [2.24, 2.45) is 0 Å². The fraction of sp³-hybridized carbons (Fsp3) is 0.611. The standard InChI is InChI=1S/C18H29NO3/c1-8-14-15(13(2)19(6)7)10-9-11-16(14)21-12-17(20)22-18(3,4)5/h9-11,13H,8,12H2,1-7H3. The van der Waals surface area contributed by atoms with Crippen molar-refractivity contribution in [2.75, 3.05) is 20.7 Å². The topological polar surface area (TPSA) is 38.8 Å². The zero-order valence-corrected chi connectivity index (χ0v) is 14.9. The van der Waals surface area contributed by atoms with Crippen LogP contribution in [0.3, 0.4) is 0 Å². The molecule has 0 aliphatic heterocycles. The smallest absolute Gasteiger partial charge is 0.344 e. The van der Waals surface area contributed by atoms with Crippen LogP contribution in [0.1, 0.15) is 51.8 Å². The van der Waals surface area contributed by atoms with Crippen LogP contribution in [0.15, 0.2) is 18.2 Å².